The minimum atomic E-state index is -0.0977. The minimum Gasteiger partial charge on any atom is -0.287 e. The Morgan fingerprint density at radius 3 is 2.47 bits per heavy atom. The van der Waals surface area contributed by atoms with Crippen molar-refractivity contribution in [3.05, 3.63) is 57.7 Å². The maximum atomic E-state index is 11.9. The molecule has 0 saturated carbocycles. The highest BCUT2D eigenvalue weighted by atomic mass is 127. The fraction of sp³-hybridized carbons (Fsp3) is 0. The lowest BCUT2D eigenvalue weighted by Crippen LogP contribution is -2.03. The first-order valence-electron chi connectivity index (χ1n) is 4.33. The minimum absolute atomic E-state index is 0.0977. The summed E-state index contributed by atoms with van der Waals surface area (Å²) in [6.45, 7) is 0. The number of nitrogens with zero attached hydrogens (tertiary/aromatic N) is 2. The molecule has 2 aromatic rings. The van der Waals surface area contributed by atoms with Crippen molar-refractivity contribution in [1.29, 1.82) is 0 Å². The smallest absolute Gasteiger partial charge is 0.212 e. The molecular formula is C11H7IN2O. The van der Waals surface area contributed by atoms with Crippen LogP contribution in [-0.2, 0) is 0 Å². The van der Waals surface area contributed by atoms with Crippen molar-refractivity contribution in [2.24, 2.45) is 0 Å². The van der Waals surface area contributed by atoms with Crippen molar-refractivity contribution in [1.82, 2.24) is 9.97 Å². The molecule has 1 aromatic heterocycles. The number of carbonyl (C=O) groups is 1. The zero-order valence-electron chi connectivity index (χ0n) is 7.72. The molecule has 2 rings (SSSR count). The average Bonchev–Trinajstić information content (AvgIpc) is 2.30. The van der Waals surface area contributed by atoms with Gasteiger partial charge in [0.1, 0.15) is 5.69 Å². The van der Waals surface area contributed by atoms with Crippen LogP contribution in [0, 0.1) is 3.57 Å². The Kier molecular flexibility index (Phi) is 3.05. The van der Waals surface area contributed by atoms with E-state index >= 15 is 0 Å². The summed E-state index contributed by atoms with van der Waals surface area (Å²) in [5.41, 5.74) is 1.01. The van der Waals surface area contributed by atoms with Crippen LogP contribution in [0.2, 0.25) is 0 Å². The van der Waals surface area contributed by atoms with Gasteiger partial charge in [-0.05, 0) is 46.9 Å². The van der Waals surface area contributed by atoms with E-state index in [9.17, 15) is 4.79 Å². The zero-order valence-corrected chi connectivity index (χ0v) is 9.88. The van der Waals surface area contributed by atoms with E-state index in [4.69, 9.17) is 0 Å². The number of benzene rings is 1. The molecular weight excluding hydrogens is 303 g/mol. The van der Waals surface area contributed by atoms with Gasteiger partial charge in [0.05, 0.1) is 6.20 Å². The van der Waals surface area contributed by atoms with Crippen LogP contribution < -0.4 is 0 Å². The van der Waals surface area contributed by atoms with Crippen LogP contribution in [0.3, 0.4) is 0 Å². The van der Waals surface area contributed by atoms with Gasteiger partial charge in [0, 0.05) is 21.5 Å². The Morgan fingerprint density at radius 1 is 1.13 bits per heavy atom. The van der Waals surface area contributed by atoms with Crippen molar-refractivity contribution in [2.45, 2.75) is 0 Å². The van der Waals surface area contributed by atoms with E-state index in [2.05, 4.69) is 32.6 Å². The lowest BCUT2D eigenvalue weighted by atomic mass is 10.1. The van der Waals surface area contributed by atoms with Crippen LogP contribution in [0.1, 0.15) is 16.1 Å². The second kappa shape index (κ2) is 4.48. The van der Waals surface area contributed by atoms with Crippen LogP contribution in [0.25, 0.3) is 0 Å². The monoisotopic (exact) mass is 310 g/mol. The predicted octanol–water partition coefficient (Wildman–Crippen LogP) is 2.31. The number of aromatic nitrogens is 2. The van der Waals surface area contributed by atoms with Gasteiger partial charge in [-0.3, -0.25) is 9.78 Å². The Balaban J connectivity index is 2.33. The molecule has 0 radical (unpaired) electrons. The molecule has 0 amide bonds. The SMILES string of the molecule is O=C(c1ccc(I)cc1)c1cnccn1. The summed E-state index contributed by atoms with van der Waals surface area (Å²) < 4.78 is 1.10. The highest BCUT2D eigenvalue weighted by Gasteiger charge is 2.09. The van der Waals surface area contributed by atoms with Gasteiger partial charge in [-0.15, -0.1) is 0 Å². The third-order valence-electron chi connectivity index (χ3n) is 1.90. The maximum Gasteiger partial charge on any atom is 0.212 e. The second-order valence-corrected chi connectivity index (χ2v) is 4.17. The van der Waals surface area contributed by atoms with E-state index in [1.807, 2.05) is 12.1 Å². The Labute approximate surface area is 101 Å². The molecule has 0 aliphatic carbocycles. The van der Waals surface area contributed by atoms with Gasteiger partial charge >= 0.3 is 0 Å². The van der Waals surface area contributed by atoms with Crippen molar-refractivity contribution in [3.8, 4) is 0 Å². The molecule has 0 spiro atoms. The zero-order chi connectivity index (χ0) is 10.7. The van der Waals surface area contributed by atoms with E-state index in [1.54, 1.807) is 18.3 Å². The van der Waals surface area contributed by atoms with Crippen molar-refractivity contribution in [2.75, 3.05) is 0 Å². The average molecular weight is 310 g/mol. The third-order valence-corrected chi connectivity index (χ3v) is 2.62. The fourth-order valence-corrected chi connectivity index (χ4v) is 1.53. The molecule has 0 atom stereocenters. The van der Waals surface area contributed by atoms with Crippen LogP contribution in [0.15, 0.2) is 42.9 Å². The molecule has 74 valence electrons. The number of hydrogen-bond donors (Lipinski definition) is 0. The van der Waals surface area contributed by atoms with Gasteiger partial charge in [0.2, 0.25) is 5.78 Å². The Bertz CT molecular complexity index is 468. The van der Waals surface area contributed by atoms with Crippen molar-refractivity contribution < 1.29 is 4.79 Å². The lowest BCUT2D eigenvalue weighted by Gasteiger charge is -1.99. The van der Waals surface area contributed by atoms with Gasteiger partial charge in [-0.25, -0.2) is 4.98 Å². The van der Waals surface area contributed by atoms with Gasteiger partial charge in [0.25, 0.3) is 0 Å². The highest BCUT2D eigenvalue weighted by Crippen LogP contribution is 2.10. The number of halogens is 1. The van der Waals surface area contributed by atoms with E-state index in [0.29, 0.717) is 11.3 Å². The molecule has 15 heavy (non-hydrogen) atoms. The number of hydrogen-bond acceptors (Lipinski definition) is 3. The molecule has 3 nitrogen and oxygen atoms in total. The van der Waals surface area contributed by atoms with E-state index in [-0.39, 0.29) is 5.78 Å². The van der Waals surface area contributed by atoms with Gasteiger partial charge in [-0.2, -0.15) is 0 Å². The molecule has 1 heterocycles. The summed E-state index contributed by atoms with van der Waals surface area (Å²) >= 11 is 2.20. The van der Waals surface area contributed by atoms with Crippen LogP contribution in [0.5, 0.6) is 0 Å². The molecule has 0 aliphatic rings. The second-order valence-electron chi connectivity index (χ2n) is 2.93. The van der Waals surface area contributed by atoms with E-state index in [1.165, 1.54) is 12.4 Å². The Morgan fingerprint density at radius 2 is 1.87 bits per heavy atom. The summed E-state index contributed by atoms with van der Waals surface area (Å²) in [6, 6.07) is 7.37. The van der Waals surface area contributed by atoms with Gasteiger partial charge < -0.3 is 0 Å². The number of carbonyl (C=O) groups excluding carboxylic acids is 1. The van der Waals surface area contributed by atoms with E-state index < -0.39 is 0 Å². The normalized spacial score (nSPS) is 9.93. The van der Waals surface area contributed by atoms with Crippen LogP contribution in [-0.4, -0.2) is 15.8 Å². The number of rotatable bonds is 2. The summed E-state index contributed by atoms with van der Waals surface area (Å²) in [7, 11) is 0. The molecule has 0 N–H and O–H groups in total. The molecule has 0 bridgehead atoms. The lowest BCUT2D eigenvalue weighted by molar-refractivity contribution is 0.103. The predicted molar refractivity (Wildman–Crippen MR) is 64.6 cm³/mol. The van der Waals surface area contributed by atoms with Crippen molar-refractivity contribution >= 4 is 28.4 Å². The number of ketones is 1. The molecule has 0 saturated heterocycles. The summed E-state index contributed by atoms with van der Waals surface area (Å²) in [5, 5.41) is 0. The highest BCUT2D eigenvalue weighted by molar-refractivity contribution is 14.1. The van der Waals surface area contributed by atoms with Crippen LogP contribution in [0.4, 0.5) is 0 Å². The molecule has 0 aliphatic heterocycles. The van der Waals surface area contributed by atoms with Crippen molar-refractivity contribution in [3.63, 3.8) is 0 Å². The molecule has 0 unspecified atom stereocenters. The fourth-order valence-electron chi connectivity index (χ4n) is 1.17. The summed E-state index contributed by atoms with van der Waals surface area (Å²) in [5.74, 6) is -0.0977. The molecule has 1 aromatic carbocycles. The largest absolute Gasteiger partial charge is 0.287 e. The van der Waals surface area contributed by atoms with Gasteiger partial charge in [0.15, 0.2) is 0 Å². The molecule has 0 fully saturated rings. The van der Waals surface area contributed by atoms with Gasteiger partial charge in [-0.1, -0.05) is 0 Å². The maximum absolute atomic E-state index is 11.9. The third kappa shape index (κ3) is 2.38. The topological polar surface area (TPSA) is 42.9 Å². The first-order valence-corrected chi connectivity index (χ1v) is 5.41. The molecule has 4 heteroatoms. The quantitative estimate of drug-likeness (QED) is 0.631. The first-order chi connectivity index (χ1) is 7.27. The van der Waals surface area contributed by atoms with Crippen LogP contribution >= 0.6 is 22.6 Å². The van der Waals surface area contributed by atoms with E-state index in [0.717, 1.165) is 3.57 Å². The standard InChI is InChI=1S/C11H7IN2O/c12-9-3-1-8(2-4-9)11(15)10-7-13-5-6-14-10/h1-7H. The summed E-state index contributed by atoms with van der Waals surface area (Å²) in [6.07, 6.45) is 4.53. The Hall–Kier alpha value is -1.30. The first kappa shape index (κ1) is 10.2. The summed E-state index contributed by atoms with van der Waals surface area (Å²) in [4.78, 5) is 19.7.